The topological polar surface area (TPSA) is 67.3 Å². The number of halogens is 1. The number of nitrogens with two attached hydrogens (primary N) is 1. The fraction of sp³-hybridized carbons (Fsp3) is 0.393. The summed E-state index contributed by atoms with van der Waals surface area (Å²) in [6, 6.07) is 17.5. The van der Waals surface area contributed by atoms with Crippen molar-refractivity contribution in [2.24, 2.45) is 0 Å². The van der Waals surface area contributed by atoms with Gasteiger partial charge in [0.15, 0.2) is 5.69 Å². The monoisotopic (exact) mass is 571 g/mol. The number of carbonyl (C=O) groups is 2. The van der Waals surface area contributed by atoms with Crippen molar-refractivity contribution in [3.05, 3.63) is 71.4 Å². The van der Waals surface area contributed by atoms with Crippen molar-refractivity contribution in [3.8, 4) is 0 Å². The van der Waals surface area contributed by atoms with E-state index in [1.165, 1.54) is 48.2 Å². The van der Waals surface area contributed by atoms with Crippen molar-refractivity contribution in [3.63, 3.8) is 0 Å². The van der Waals surface area contributed by atoms with Crippen molar-refractivity contribution in [2.75, 3.05) is 12.3 Å². The lowest BCUT2D eigenvalue weighted by atomic mass is 10.1. The number of amides is 2. The van der Waals surface area contributed by atoms with Gasteiger partial charge < -0.3 is 29.7 Å². The number of benzene rings is 2. The molecule has 2 amide bonds. The third-order valence-corrected chi connectivity index (χ3v) is 6.69. The Bertz CT molecular complexity index is 1130. The van der Waals surface area contributed by atoms with E-state index in [1.807, 2.05) is 18.2 Å². The molecule has 2 aromatic carbocycles. The SMILES string of the molecule is Cc1cc(N)c2ccccc2[n+]1CCCCCCCCCCN1C(=O)c2ccccc2C1=O.[I-]. The van der Waals surface area contributed by atoms with Crippen LogP contribution in [-0.4, -0.2) is 23.3 Å². The van der Waals surface area contributed by atoms with Gasteiger partial charge in [0.1, 0.15) is 6.54 Å². The summed E-state index contributed by atoms with van der Waals surface area (Å²) in [4.78, 5) is 26.2. The molecule has 1 aromatic heterocycles. The maximum atomic E-state index is 12.4. The van der Waals surface area contributed by atoms with Crippen molar-refractivity contribution in [1.29, 1.82) is 0 Å². The van der Waals surface area contributed by atoms with Crippen molar-refractivity contribution < 1.29 is 38.1 Å². The standard InChI is InChI=1S/C28H33N3O2.HI/c1-21-20-25(29)24-16-10-11-17-26(24)30(21)18-12-6-4-2-3-5-7-13-19-31-27(32)22-14-8-9-15-23(22)28(31)33;/h8-11,14-17,20,29H,2-7,12-13,18-19H2,1H3;1H. The third kappa shape index (κ3) is 5.77. The summed E-state index contributed by atoms with van der Waals surface area (Å²) in [5.41, 5.74) is 10.6. The van der Waals surface area contributed by atoms with Gasteiger partial charge in [0.2, 0.25) is 5.52 Å². The number of nitrogens with zero attached hydrogens (tertiary/aromatic N) is 2. The van der Waals surface area contributed by atoms with E-state index < -0.39 is 0 Å². The molecule has 0 spiro atoms. The summed E-state index contributed by atoms with van der Waals surface area (Å²) in [5, 5.41) is 1.13. The Labute approximate surface area is 219 Å². The predicted molar refractivity (Wildman–Crippen MR) is 132 cm³/mol. The molecule has 180 valence electrons. The van der Waals surface area contributed by atoms with E-state index in [2.05, 4.69) is 35.8 Å². The lowest BCUT2D eigenvalue weighted by Crippen LogP contribution is -3.00. The van der Waals surface area contributed by atoms with Gasteiger partial charge in [0.05, 0.1) is 22.2 Å². The Balaban J connectivity index is 0.00000324. The summed E-state index contributed by atoms with van der Waals surface area (Å²) >= 11 is 0. The first-order valence-electron chi connectivity index (χ1n) is 12.2. The molecule has 5 nitrogen and oxygen atoms in total. The second-order valence-corrected chi connectivity index (χ2v) is 9.05. The summed E-state index contributed by atoms with van der Waals surface area (Å²) in [6.45, 7) is 3.68. The molecule has 0 aliphatic carbocycles. The van der Waals surface area contributed by atoms with Crippen LogP contribution in [0, 0.1) is 6.92 Å². The highest BCUT2D eigenvalue weighted by atomic mass is 127. The van der Waals surface area contributed by atoms with Crippen LogP contribution in [0.1, 0.15) is 77.8 Å². The zero-order chi connectivity index (χ0) is 23.2. The summed E-state index contributed by atoms with van der Waals surface area (Å²) in [6.07, 6.45) is 9.16. The average Bonchev–Trinajstić information content (AvgIpc) is 3.07. The summed E-state index contributed by atoms with van der Waals surface area (Å²) in [7, 11) is 0. The number of imide groups is 1. The molecule has 4 rings (SSSR count). The molecule has 0 atom stereocenters. The van der Waals surface area contributed by atoms with E-state index in [0.717, 1.165) is 36.9 Å². The van der Waals surface area contributed by atoms with Gasteiger partial charge in [0.25, 0.3) is 11.8 Å². The second kappa shape index (κ2) is 12.3. The van der Waals surface area contributed by atoms with Crippen molar-refractivity contribution in [1.82, 2.24) is 4.90 Å². The van der Waals surface area contributed by atoms with Gasteiger partial charge in [-0.05, 0) is 31.0 Å². The highest BCUT2D eigenvalue weighted by Gasteiger charge is 2.34. The quantitative estimate of drug-likeness (QED) is 0.167. The number of pyridine rings is 1. The number of hydrogen-bond donors (Lipinski definition) is 1. The van der Waals surface area contributed by atoms with Gasteiger partial charge in [-0.2, -0.15) is 4.57 Å². The Morgan fingerprint density at radius 2 is 1.29 bits per heavy atom. The van der Waals surface area contributed by atoms with Gasteiger partial charge >= 0.3 is 0 Å². The van der Waals surface area contributed by atoms with Crippen LogP contribution in [0.3, 0.4) is 0 Å². The van der Waals surface area contributed by atoms with Gasteiger partial charge in [-0.25, -0.2) is 0 Å². The van der Waals surface area contributed by atoms with E-state index in [9.17, 15) is 9.59 Å². The zero-order valence-corrected chi connectivity index (χ0v) is 22.1. The molecule has 34 heavy (non-hydrogen) atoms. The van der Waals surface area contributed by atoms with E-state index in [0.29, 0.717) is 17.7 Å². The van der Waals surface area contributed by atoms with Crippen molar-refractivity contribution >= 4 is 28.4 Å². The molecule has 1 aliphatic heterocycles. The Morgan fingerprint density at radius 3 is 1.94 bits per heavy atom. The molecule has 0 radical (unpaired) electrons. The number of fused-ring (bicyclic) bond motifs is 2. The third-order valence-electron chi connectivity index (χ3n) is 6.69. The number of aromatic nitrogens is 1. The van der Waals surface area contributed by atoms with E-state index in [1.54, 1.807) is 12.1 Å². The number of para-hydroxylation sites is 1. The minimum atomic E-state index is -0.141. The number of nitrogen functional groups attached to an aromatic ring is 1. The molecule has 0 fully saturated rings. The highest BCUT2D eigenvalue weighted by molar-refractivity contribution is 6.21. The molecule has 3 aromatic rings. The van der Waals surface area contributed by atoms with Gasteiger partial charge in [-0.3, -0.25) is 14.5 Å². The van der Waals surface area contributed by atoms with Crippen LogP contribution in [0.25, 0.3) is 10.9 Å². The Hall–Kier alpha value is -2.48. The fourth-order valence-corrected chi connectivity index (χ4v) is 4.86. The Morgan fingerprint density at radius 1 is 0.765 bits per heavy atom. The molecular formula is C28H34IN3O2. The largest absolute Gasteiger partial charge is 1.00 e. The lowest BCUT2D eigenvalue weighted by molar-refractivity contribution is -0.677. The van der Waals surface area contributed by atoms with Crippen molar-refractivity contribution in [2.45, 2.75) is 64.8 Å². The number of carbonyl (C=O) groups excluding carboxylic acids is 2. The lowest BCUT2D eigenvalue weighted by Gasteiger charge is -2.13. The van der Waals surface area contributed by atoms with Crippen LogP contribution < -0.4 is 34.3 Å². The first kappa shape index (κ1) is 26.1. The second-order valence-electron chi connectivity index (χ2n) is 9.05. The minimum Gasteiger partial charge on any atom is -1.00 e. The molecule has 2 N–H and O–H groups in total. The smallest absolute Gasteiger partial charge is 0.261 e. The van der Waals surface area contributed by atoms with Crippen LogP contribution >= 0.6 is 0 Å². The number of rotatable bonds is 11. The highest BCUT2D eigenvalue weighted by Crippen LogP contribution is 2.23. The molecule has 0 unspecified atom stereocenters. The van der Waals surface area contributed by atoms with E-state index in [-0.39, 0.29) is 35.8 Å². The normalized spacial score (nSPS) is 12.8. The van der Waals surface area contributed by atoms with Crippen LogP contribution in [0.5, 0.6) is 0 Å². The summed E-state index contributed by atoms with van der Waals surface area (Å²) in [5.74, 6) is -0.282. The maximum absolute atomic E-state index is 12.4. The zero-order valence-electron chi connectivity index (χ0n) is 19.9. The number of anilines is 1. The van der Waals surface area contributed by atoms with Crippen LogP contribution in [0.4, 0.5) is 5.69 Å². The summed E-state index contributed by atoms with van der Waals surface area (Å²) < 4.78 is 2.38. The van der Waals surface area contributed by atoms with E-state index >= 15 is 0 Å². The average molecular weight is 572 g/mol. The van der Waals surface area contributed by atoms with E-state index in [4.69, 9.17) is 5.73 Å². The molecule has 2 heterocycles. The van der Waals surface area contributed by atoms with Crippen LogP contribution in [0.15, 0.2) is 54.6 Å². The molecule has 0 bridgehead atoms. The van der Waals surface area contributed by atoms with Crippen LogP contribution in [0.2, 0.25) is 0 Å². The number of hydrogen-bond acceptors (Lipinski definition) is 3. The molecular weight excluding hydrogens is 537 g/mol. The number of unbranched alkanes of at least 4 members (excludes halogenated alkanes) is 7. The molecule has 0 saturated carbocycles. The van der Waals surface area contributed by atoms with Gasteiger partial charge in [-0.1, -0.05) is 56.4 Å². The van der Waals surface area contributed by atoms with Gasteiger partial charge in [-0.15, -0.1) is 0 Å². The first-order valence-corrected chi connectivity index (χ1v) is 12.2. The molecule has 1 aliphatic rings. The van der Waals surface area contributed by atoms with Gasteiger partial charge in [0, 0.05) is 32.0 Å². The predicted octanol–water partition coefficient (Wildman–Crippen LogP) is 2.44. The Kier molecular flexibility index (Phi) is 9.45. The molecule has 6 heteroatoms. The first-order chi connectivity index (χ1) is 16.1. The minimum absolute atomic E-state index is 0. The molecule has 0 saturated heterocycles. The maximum Gasteiger partial charge on any atom is 0.261 e. The fourth-order valence-electron chi connectivity index (χ4n) is 4.86. The van der Waals surface area contributed by atoms with Crippen LogP contribution in [-0.2, 0) is 6.54 Å². The number of aryl methyl sites for hydroxylation is 2.